The molecule has 2 aromatic carbocycles. The molecule has 0 aliphatic carbocycles. The van der Waals surface area contributed by atoms with Crippen molar-refractivity contribution in [2.24, 2.45) is 0 Å². The molecule has 2 aliphatic rings. The monoisotopic (exact) mass is 508 g/mol. The first kappa shape index (κ1) is 26.7. The normalized spacial score (nSPS) is 15.4. The van der Waals surface area contributed by atoms with Gasteiger partial charge in [0.15, 0.2) is 5.78 Å². The van der Waals surface area contributed by atoms with E-state index in [0.717, 1.165) is 28.8 Å². The second-order valence-corrected chi connectivity index (χ2v) is 10.9. The Morgan fingerprint density at radius 3 is 2.54 bits per heavy atom. The maximum absolute atomic E-state index is 13.0. The van der Waals surface area contributed by atoms with E-state index >= 15 is 0 Å². The lowest BCUT2D eigenvalue weighted by molar-refractivity contribution is -0.118. The van der Waals surface area contributed by atoms with Crippen molar-refractivity contribution in [1.29, 1.82) is 0 Å². The van der Waals surface area contributed by atoms with E-state index in [0.29, 0.717) is 37.9 Å². The molecule has 2 amide bonds. The summed E-state index contributed by atoms with van der Waals surface area (Å²) >= 11 is 0. The summed E-state index contributed by atoms with van der Waals surface area (Å²) in [6, 6.07) is 10.6. The molecule has 1 unspecified atom stereocenters. The molecule has 8 nitrogen and oxygen atoms in total. The van der Waals surface area contributed by atoms with Gasteiger partial charge in [0, 0.05) is 38.0 Å². The molecule has 0 radical (unpaired) electrons. The highest BCUT2D eigenvalue weighted by molar-refractivity contribution is 6.02. The topological polar surface area (TPSA) is 107 Å². The van der Waals surface area contributed by atoms with Crippen LogP contribution >= 0.6 is 0 Å². The van der Waals surface area contributed by atoms with Crippen molar-refractivity contribution in [1.82, 2.24) is 4.90 Å². The molecule has 2 aromatic rings. The van der Waals surface area contributed by atoms with Crippen LogP contribution in [-0.4, -0.2) is 64.2 Å². The number of benzene rings is 2. The fourth-order valence-electron chi connectivity index (χ4n) is 4.97. The van der Waals surface area contributed by atoms with Crippen LogP contribution in [0.1, 0.15) is 67.1 Å². The second-order valence-electron chi connectivity index (χ2n) is 10.9. The summed E-state index contributed by atoms with van der Waals surface area (Å²) in [7, 11) is 0. The third kappa shape index (κ3) is 6.68. The minimum atomic E-state index is -0.901. The third-order valence-electron chi connectivity index (χ3n) is 6.74. The Balaban J connectivity index is 1.37. The lowest BCUT2D eigenvalue weighted by atomic mass is 9.94. The number of Topliss-reactive ketones (excluding diaryl/α,β-unsaturated/α-hetero) is 1. The highest BCUT2D eigenvalue weighted by Crippen LogP contribution is 2.37. The number of hydrogen-bond donors (Lipinski definition) is 2. The molecule has 0 bridgehead atoms. The van der Waals surface area contributed by atoms with Crippen LogP contribution in [0.25, 0.3) is 0 Å². The predicted octanol–water partition coefficient (Wildman–Crippen LogP) is 4.03. The highest BCUT2D eigenvalue weighted by Gasteiger charge is 2.32. The molecule has 2 aliphatic heterocycles. The summed E-state index contributed by atoms with van der Waals surface area (Å²) in [6.07, 6.45) is 1.27. The smallest absolute Gasteiger partial charge is 0.410 e. The number of aryl methyl sites for hydroxylation is 1. The van der Waals surface area contributed by atoms with E-state index in [1.165, 1.54) is 4.90 Å². The molecular formula is C29H36N2O6. The number of carbonyl (C=O) groups is 3. The van der Waals surface area contributed by atoms with Crippen molar-refractivity contribution in [2.75, 3.05) is 24.5 Å². The maximum Gasteiger partial charge on any atom is 0.410 e. The molecular weight excluding hydrogens is 472 g/mol. The lowest BCUT2D eigenvalue weighted by Crippen LogP contribution is -2.42. The van der Waals surface area contributed by atoms with Gasteiger partial charge in [-0.25, -0.2) is 4.79 Å². The molecule has 0 fully saturated rings. The first-order chi connectivity index (χ1) is 17.5. The van der Waals surface area contributed by atoms with Gasteiger partial charge < -0.3 is 24.7 Å². The summed E-state index contributed by atoms with van der Waals surface area (Å²) in [5.74, 6) is 0.240. The number of ketones is 1. The largest absolute Gasteiger partial charge is 0.508 e. The molecule has 0 saturated heterocycles. The fourth-order valence-corrected chi connectivity index (χ4v) is 4.97. The summed E-state index contributed by atoms with van der Waals surface area (Å²) in [4.78, 5) is 41.3. The Morgan fingerprint density at radius 2 is 1.84 bits per heavy atom. The number of carbonyl (C=O) groups excluding carboxylic acids is 3. The molecule has 0 aromatic heterocycles. The van der Waals surface area contributed by atoms with E-state index in [9.17, 15) is 24.6 Å². The molecule has 0 spiro atoms. The number of aromatic hydroxyl groups is 1. The average molecular weight is 509 g/mol. The Bertz CT molecular complexity index is 1190. The summed E-state index contributed by atoms with van der Waals surface area (Å²) in [5.41, 5.74) is 3.85. The van der Waals surface area contributed by atoms with Crippen molar-refractivity contribution in [3.8, 4) is 5.75 Å². The number of phenols is 1. The van der Waals surface area contributed by atoms with Crippen molar-refractivity contribution >= 4 is 23.5 Å². The Labute approximate surface area is 217 Å². The predicted molar refractivity (Wildman–Crippen MR) is 140 cm³/mol. The van der Waals surface area contributed by atoms with Crippen molar-refractivity contribution in [3.05, 3.63) is 58.7 Å². The van der Waals surface area contributed by atoms with Gasteiger partial charge in [-0.15, -0.1) is 0 Å². The lowest BCUT2D eigenvalue weighted by Gasteiger charge is -2.29. The van der Waals surface area contributed by atoms with Crippen molar-refractivity contribution in [3.63, 3.8) is 0 Å². The first-order valence-corrected chi connectivity index (χ1v) is 12.9. The number of ether oxygens (including phenoxy) is 1. The van der Waals surface area contributed by atoms with Crippen LogP contribution in [0.4, 0.5) is 10.5 Å². The molecule has 4 rings (SSSR count). The van der Waals surface area contributed by atoms with Crippen molar-refractivity contribution in [2.45, 2.75) is 71.0 Å². The number of aliphatic hydroxyl groups is 1. The number of aliphatic hydroxyl groups excluding tert-OH is 1. The van der Waals surface area contributed by atoms with Gasteiger partial charge in [-0.1, -0.05) is 12.1 Å². The van der Waals surface area contributed by atoms with Gasteiger partial charge in [0.05, 0.1) is 11.8 Å². The van der Waals surface area contributed by atoms with Gasteiger partial charge in [-0.3, -0.25) is 9.59 Å². The SMILES string of the molecule is CC(C)(C)OC(=O)N(CCc1cccc(O)c1)CC(O)CCC(=O)c1cc2c3c(c1)CCN3C(=O)CC2. The fraction of sp³-hybridized carbons (Fsp3) is 0.483. The van der Waals surface area contributed by atoms with Crippen LogP contribution in [0.3, 0.4) is 0 Å². The molecule has 198 valence electrons. The molecule has 0 saturated carbocycles. The van der Waals surface area contributed by atoms with Gasteiger partial charge in [-0.05, 0) is 87.4 Å². The summed E-state index contributed by atoms with van der Waals surface area (Å²) in [5, 5.41) is 20.5. The first-order valence-electron chi connectivity index (χ1n) is 12.9. The minimum Gasteiger partial charge on any atom is -0.508 e. The number of nitrogens with zero attached hydrogens (tertiary/aromatic N) is 2. The van der Waals surface area contributed by atoms with Crippen LogP contribution in [-0.2, 0) is 28.8 Å². The highest BCUT2D eigenvalue weighted by atomic mass is 16.6. The molecule has 37 heavy (non-hydrogen) atoms. The van der Waals surface area contributed by atoms with Gasteiger partial charge in [-0.2, -0.15) is 0 Å². The van der Waals surface area contributed by atoms with Crippen LogP contribution < -0.4 is 4.90 Å². The number of anilines is 1. The number of hydrogen-bond acceptors (Lipinski definition) is 6. The molecule has 2 heterocycles. The van der Waals surface area contributed by atoms with Crippen LogP contribution in [0.15, 0.2) is 36.4 Å². The number of rotatable bonds is 9. The standard InChI is InChI=1S/C29H36N2O6/c1-29(2,3)37-28(36)30(13-11-19-5-4-6-23(32)15-19)18-24(33)8-9-25(34)22-16-20-7-10-26(35)31-14-12-21(17-22)27(20)31/h4-6,15-17,24,32-33H,7-14,18H2,1-3H3. The Kier molecular flexibility index (Phi) is 7.87. The van der Waals surface area contributed by atoms with E-state index < -0.39 is 17.8 Å². The van der Waals surface area contributed by atoms with E-state index in [1.54, 1.807) is 39.0 Å². The Morgan fingerprint density at radius 1 is 1.11 bits per heavy atom. The maximum atomic E-state index is 13.0. The zero-order chi connectivity index (χ0) is 26.7. The number of phenolic OH excluding ortho intramolecular Hbond substituents is 1. The van der Waals surface area contributed by atoms with E-state index in [2.05, 4.69) is 0 Å². The Hall–Kier alpha value is -3.39. The average Bonchev–Trinajstić information content (AvgIpc) is 3.27. The molecule has 1 atom stereocenters. The summed E-state index contributed by atoms with van der Waals surface area (Å²) < 4.78 is 5.53. The van der Waals surface area contributed by atoms with E-state index in [1.807, 2.05) is 23.1 Å². The van der Waals surface area contributed by atoms with Crippen LogP contribution in [0, 0.1) is 0 Å². The zero-order valence-electron chi connectivity index (χ0n) is 21.8. The van der Waals surface area contributed by atoms with E-state index in [-0.39, 0.29) is 36.8 Å². The van der Waals surface area contributed by atoms with Gasteiger partial charge in [0.25, 0.3) is 0 Å². The summed E-state index contributed by atoms with van der Waals surface area (Å²) in [6.45, 7) is 6.35. The third-order valence-corrected chi connectivity index (χ3v) is 6.74. The van der Waals surface area contributed by atoms with Crippen molar-refractivity contribution < 1.29 is 29.3 Å². The zero-order valence-corrected chi connectivity index (χ0v) is 21.8. The second kappa shape index (κ2) is 10.9. The van der Waals surface area contributed by atoms with Gasteiger partial charge in [0.2, 0.25) is 5.91 Å². The van der Waals surface area contributed by atoms with Crippen LogP contribution in [0.5, 0.6) is 5.75 Å². The molecule has 8 heteroatoms. The van der Waals surface area contributed by atoms with Crippen LogP contribution in [0.2, 0.25) is 0 Å². The van der Waals surface area contributed by atoms with Gasteiger partial charge >= 0.3 is 6.09 Å². The minimum absolute atomic E-state index is 0.0352. The number of amides is 2. The molecule has 2 N–H and O–H groups in total. The quantitative estimate of drug-likeness (QED) is 0.495. The van der Waals surface area contributed by atoms with E-state index in [4.69, 9.17) is 4.74 Å². The van der Waals surface area contributed by atoms with Gasteiger partial charge in [0.1, 0.15) is 11.4 Å².